The first-order valence-electron chi connectivity index (χ1n) is 6.49. The summed E-state index contributed by atoms with van der Waals surface area (Å²) < 4.78 is 0. The highest BCUT2D eigenvalue weighted by molar-refractivity contribution is 7.80. The van der Waals surface area contributed by atoms with Crippen molar-refractivity contribution >= 4 is 36.4 Å². The van der Waals surface area contributed by atoms with Crippen LogP contribution in [0.4, 0.5) is 0 Å². The average molecular weight is 334 g/mol. The molecule has 0 saturated heterocycles. The summed E-state index contributed by atoms with van der Waals surface area (Å²) in [5.41, 5.74) is 16.0. The second-order valence-corrected chi connectivity index (χ2v) is 4.78. The number of guanidine groups is 1. The summed E-state index contributed by atoms with van der Waals surface area (Å²) in [5.74, 6) is -2.39. The number of hydrogen-bond donors (Lipinski definition) is 7. The van der Waals surface area contributed by atoms with Crippen LogP contribution in [0.25, 0.3) is 0 Å². The van der Waals surface area contributed by atoms with Crippen molar-refractivity contribution in [2.75, 3.05) is 18.8 Å². The van der Waals surface area contributed by atoms with Crippen molar-refractivity contribution in [1.29, 1.82) is 0 Å². The Bertz CT molecular complexity index is 427. The molecule has 9 N–H and O–H groups in total. The molecule has 2 atom stereocenters. The van der Waals surface area contributed by atoms with E-state index < -0.39 is 36.4 Å². The number of hydrogen-bond acceptors (Lipinski definition) is 6. The van der Waals surface area contributed by atoms with Crippen LogP contribution in [-0.2, 0) is 14.4 Å². The molecule has 0 aliphatic carbocycles. The maximum absolute atomic E-state index is 11.8. The molecule has 11 heteroatoms. The number of amides is 2. The molecular weight excluding hydrogens is 312 g/mol. The largest absolute Gasteiger partial charge is 0.480 e. The molecule has 0 fully saturated rings. The number of rotatable bonds is 10. The number of aliphatic carboxylic acids is 1. The maximum atomic E-state index is 11.8. The third kappa shape index (κ3) is 9.02. The van der Waals surface area contributed by atoms with Gasteiger partial charge in [0.25, 0.3) is 0 Å². The summed E-state index contributed by atoms with van der Waals surface area (Å²) >= 11 is 3.94. The van der Waals surface area contributed by atoms with Gasteiger partial charge in [0, 0.05) is 12.3 Å². The predicted octanol–water partition coefficient (Wildman–Crippen LogP) is -3.02. The summed E-state index contributed by atoms with van der Waals surface area (Å²) in [4.78, 5) is 37.6. The SMILES string of the molecule is NC(N)=NCCCC(N)C(=O)NC(CS)C(=O)NCC(=O)O. The van der Waals surface area contributed by atoms with E-state index in [0.29, 0.717) is 19.4 Å². The van der Waals surface area contributed by atoms with Gasteiger partial charge in [0.05, 0.1) is 6.04 Å². The molecule has 0 saturated carbocycles. The van der Waals surface area contributed by atoms with E-state index in [1.54, 1.807) is 0 Å². The van der Waals surface area contributed by atoms with Crippen molar-refractivity contribution in [3.63, 3.8) is 0 Å². The second-order valence-electron chi connectivity index (χ2n) is 4.41. The van der Waals surface area contributed by atoms with E-state index in [0.717, 1.165) is 0 Å². The van der Waals surface area contributed by atoms with Gasteiger partial charge in [-0.05, 0) is 12.8 Å². The lowest BCUT2D eigenvalue weighted by Crippen LogP contribution is -2.53. The molecule has 0 aliphatic rings. The second kappa shape index (κ2) is 10.7. The lowest BCUT2D eigenvalue weighted by Gasteiger charge is -2.18. The van der Waals surface area contributed by atoms with E-state index in [1.807, 2.05) is 0 Å². The number of aliphatic imine (C=N–C) groups is 1. The van der Waals surface area contributed by atoms with Crippen LogP contribution in [0.5, 0.6) is 0 Å². The van der Waals surface area contributed by atoms with Crippen molar-refractivity contribution in [2.45, 2.75) is 24.9 Å². The summed E-state index contributed by atoms with van der Waals surface area (Å²) in [6.45, 7) is -0.193. The molecule has 0 rings (SSSR count). The normalized spacial score (nSPS) is 12.8. The number of carbonyl (C=O) groups excluding carboxylic acids is 2. The molecule has 10 nitrogen and oxygen atoms in total. The van der Waals surface area contributed by atoms with Gasteiger partial charge < -0.3 is 32.9 Å². The third-order valence-corrected chi connectivity index (χ3v) is 2.90. The molecule has 0 aliphatic heterocycles. The predicted molar refractivity (Wildman–Crippen MR) is 84.3 cm³/mol. The molecule has 0 aromatic carbocycles. The van der Waals surface area contributed by atoms with Crippen LogP contribution in [-0.4, -0.2) is 59.8 Å². The number of carbonyl (C=O) groups is 3. The fraction of sp³-hybridized carbons (Fsp3) is 0.636. The fourth-order valence-electron chi connectivity index (χ4n) is 1.41. The van der Waals surface area contributed by atoms with Gasteiger partial charge in [-0.2, -0.15) is 12.6 Å². The maximum Gasteiger partial charge on any atom is 0.322 e. The molecule has 0 bridgehead atoms. The minimum atomic E-state index is -1.19. The molecule has 0 aromatic heterocycles. The van der Waals surface area contributed by atoms with Crippen LogP contribution in [0.2, 0.25) is 0 Å². The zero-order chi connectivity index (χ0) is 17.1. The third-order valence-electron chi connectivity index (χ3n) is 2.53. The minimum absolute atomic E-state index is 0.0118. The van der Waals surface area contributed by atoms with Crippen LogP contribution >= 0.6 is 12.6 Å². The van der Waals surface area contributed by atoms with Crippen molar-refractivity contribution < 1.29 is 19.5 Å². The van der Waals surface area contributed by atoms with Gasteiger partial charge in [-0.25, -0.2) is 0 Å². The van der Waals surface area contributed by atoms with Gasteiger partial charge in [0.2, 0.25) is 11.8 Å². The number of nitrogens with two attached hydrogens (primary N) is 3. The van der Waals surface area contributed by atoms with Gasteiger partial charge in [0.1, 0.15) is 12.6 Å². The summed E-state index contributed by atoms with van der Waals surface area (Å²) in [5, 5.41) is 13.0. The monoisotopic (exact) mass is 334 g/mol. The van der Waals surface area contributed by atoms with Crippen molar-refractivity contribution in [3.05, 3.63) is 0 Å². The Kier molecular flexibility index (Phi) is 9.70. The molecule has 22 heavy (non-hydrogen) atoms. The quantitative estimate of drug-likeness (QED) is 0.0958. The Morgan fingerprint density at radius 2 is 1.86 bits per heavy atom. The van der Waals surface area contributed by atoms with Gasteiger partial charge in [0.15, 0.2) is 5.96 Å². The van der Waals surface area contributed by atoms with E-state index in [4.69, 9.17) is 22.3 Å². The van der Waals surface area contributed by atoms with Crippen molar-refractivity contribution in [2.24, 2.45) is 22.2 Å². The molecule has 2 amide bonds. The van der Waals surface area contributed by atoms with Gasteiger partial charge in [-0.1, -0.05) is 0 Å². The molecule has 0 aromatic rings. The van der Waals surface area contributed by atoms with Gasteiger partial charge in [-0.3, -0.25) is 19.4 Å². The Morgan fingerprint density at radius 1 is 1.23 bits per heavy atom. The number of thiol groups is 1. The number of nitrogens with one attached hydrogen (secondary N) is 2. The zero-order valence-electron chi connectivity index (χ0n) is 12.0. The van der Waals surface area contributed by atoms with Gasteiger partial charge >= 0.3 is 5.97 Å². The lowest BCUT2D eigenvalue weighted by molar-refractivity contribution is -0.138. The summed E-state index contributed by atoms with van der Waals surface area (Å²) in [6, 6.07) is -1.79. The van der Waals surface area contributed by atoms with Crippen LogP contribution in [0, 0.1) is 0 Å². The van der Waals surface area contributed by atoms with Crippen LogP contribution in [0.3, 0.4) is 0 Å². The van der Waals surface area contributed by atoms with Crippen LogP contribution < -0.4 is 27.8 Å². The van der Waals surface area contributed by atoms with E-state index in [9.17, 15) is 14.4 Å². The summed E-state index contributed by atoms with van der Waals surface area (Å²) in [6.07, 6.45) is 0.835. The zero-order valence-corrected chi connectivity index (χ0v) is 12.9. The topological polar surface area (TPSA) is 186 Å². The standard InChI is InChI=1S/C11H22N6O4S/c12-6(2-1-3-15-11(13)14)9(20)17-7(5-22)10(21)16-4-8(18)19/h6-7,22H,1-5,12H2,(H,16,21)(H,17,20)(H,18,19)(H4,13,14,15). The van der Waals surface area contributed by atoms with E-state index in [2.05, 4.69) is 28.3 Å². The number of carboxylic acids is 1. The highest BCUT2D eigenvalue weighted by Gasteiger charge is 2.22. The molecule has 0 heterocycles. The van der Waals surface area contributed by atoms with E-state index >= 15 is 0 Å². The first-order chi connectivity index (χ1) is 10.3. The Balaban J connectivity index is 4.25. The Morgan fingerprint density at radius 3 is 2.36 bits per heavy atom. The molecule has 0 spiro atoms. The molecular formula is C11H22N6O4S. The molecule has 0 radical (unpaired) electrons. The highest BCUT2D eigenvalue weighted by atomic mass is 32.1. The first-order valence-corrected chi connectivity index (χ1v) is 7.12. The van der Waals surface area contributed by atoms with Crippen molar-refractivity contribution in [1.82, 2.24) is 10.6 Å². The smallest absolute Gasteiger partial charge is 0.322 e. The van der Waals surface area contributed by atoms with Crippen LogP contribution in [0.15, 0.2) is 4.99 Å². The Hall–Kier alpha value is -2.01. The van der Waals surface area contributed by atoms with E-state index in [-0.39, 0.29) is 11.7 Å². The Labute approximate surface area is 133 Å². The van der Waals surface area contributed by atoms with Gasteiger partial charge in [-0.15, -0.1) is 0 Å². The fourth-order valence-corrected chi connectivity index (χ4v) is 1.67. The molecule has 126 valence electrons. The van der Waals surface area contributed by atoms with Crippen molar-refractivity contribution in [3.8, 4) is 0 Å². The number of nitrogens with zero attached hydrogens (tertiary/aromatic N) is 1. The van der Waals surface area contributed by atoms with Crippen LogP contribution in [0.1, 0.15) is 12.8 Å². The first kappa shape index (κ1) is 20.0. The highest BCUT2D eigenvalue weighted by Crippen LogP contribution is 1.97. The lowest BCUT2D eigenvalue weighted by atomic mass is 10.1. The minimum Gasteiger partial charge on any atom is -0.480 e. The molecule has 2 unspecified atom stereocenters. The van der Waals surface area contributed by atoms with E-state index in [1.165, 1.54) is 0 Å². The average Bonchev–Trinajstić information content (AvgIpc) is 2.45. The number of carboxylic acid groups (broad SMARTS) is 1. The summed E-state index contributed by atoms with van der Waals surface area (Å²) in [7, 11) is 0.